The first-order valence-electron chi connectivity index (χ1n) is 9.74. The Kier molecular flexibility index (Phi) is 23.9. The fourth-order valence-corrected chi connectivity index (χ4v) is 1.51. The third-order valence-electron chi connectivity index (χ3n) is 2.51. The normalized spacial score (nSPS) is 9.80. The Bertz CT molecular complexity index is 888. The molecule has 0 aliphatic carbocycles. The molecule has 4 aromatic rings. The van der Waals surface area contributed by atoms with Gasteiger partial charge in [-0.15, -0.1) is 6.07 Å². The molecule has 0 aromatic carbocycles. The van der Waals surface area contributed by atoms with Crippen LogP contribution in [0.1, 0.15) is 0 Å². The molecule has 0 saturated carbocycles. The number of aromatic nitrogens is 6. The van der Waals surface area contributed by atoms with E-state index in [0.717, 1.165) is 11.4 Å². The molecular weight excluding hydrogens is 662 g/mol. The van der Waals surface area contributed by atoms with Gasteiger partial charge in [-0.3, -0.25) is 9.97 Å². The van der Waals surface area contributed by atoms with Crippen molar-refractivity contribution < 1.29 is 71.3 Å². The molecule has 0 unspecified atom stereocenters. The minimum atomic E-state index is -6.00. The maximum absolute atomic E-state index is 9.75. The summed E-state index contributed by atoms with van der Waals surface area (Å²) in [5.74, 6) is 0. The van der Waals surface area contributed by atoms with Gasteiger partial charge in [-0.05, 0) is 30.3 Å². The number of hydrogen-bond donors (Lipinski definition) is 0. The smallest absolute Gasteiger partial charge is 0.418 e. The second-order valence-electron chi connectivity index (χ2n) is 5.67. The van der Waals surface area contributed by atoms with Crippen molar-refractivity contribution in [1.29, 1.82) is 0 Å². The SMILES string of the molecule is F[B-](F)(F)F.F[B-](F)(F)F.F[B-](F)(F)F.[Ru+4].[c-]1ncccn1.c1ccc(-c2ccccn2)nc1.c1cncnc1. The number of hydrogen-bond acceptors (Lipinski definition) is 6. The number of nitrogens with zero attached hydrogens (tertiary/aromatic N) is 6. The van der Waals surface area contributed by atoms with Gasteiger partial charge < -0.3 is 61.8 Å². The van der Waals surface area contributed by atoms with Gasteiger partial charge in [0.2, 0.25) is 0 Å². The third-order valence-corrected chi connectivity index (χ3v) is 2.51. The van der Waals surface area contributed by atoms with E-state index in [1.807, 2.05) is 36.4 Å². The first kappa shape index (κ1) is 40.9. The van der Waals surface area contributed by atoms with Crippen molar-refractivity contribution in [3.05, 3.63) is 98.4 Å². The molecule has 40 heavy (non-hydrogen) atoms. The summed E-state index contributed by atoms with van der Waals surface area (Å²) in [6, 6.07) is 15.1. The van der Waals surface area contributed by atoms with Crippen LogP contribution < -0.4 is 0 Å². The molecule has 4 rings (SSSR count). The van der Waals surface area contributed by atoms with Crippen molar-refractivity contribution in [3.8, 4) is 11.4 Å². The predicted octanol–water partition coefficient (Wildman–Crippen LogP) is 6.79. The Labute approximate surface area is 232 Å². The van der Waals surface area contributed by atoms with E-state index < -0.39 is 21.8 Å². The van der Waals surface area contributed by atoms with E-state index in [0.29, 0.717) is 0 Å². The summed E-state index contributed by atoms with van der Waals surface area (Å²) in [6.07, 6.45) is 14.1. The Morgan fingerprint density at radius 1 is 0.450 bits per heavy atom. The van der Waals surface area contributed by atoms with Crippen LogP contribution in [0.25, 0.3) is 11.4 Å². The van der Waals surface area contributed by atoms with Crippen molar-refractivity contribution in [1.82, 2.24) is 29.9 Å². The van der Waals surface area contributed by atoms with Crippen LogP contribution in [0, 0.1) is 6.33 Å². The first-order valence-corrected chi connectivity index (χ1v) is 9.74. The summed E-state index contributed by atoms with van der Waals surface area (Å²) < 4.78 is 117. The van der Waals surface area contributed by atoms with Crippen LogP contribution in [0.15, 0.2) is 92.0 Å². The molecule has 218 valence electrons. The van der Waals surface area contributed by atoms with E-state index in [1.54, 1.807) is 49.3 Å². The van der Waals surface area contributed by atoms with Gasteiger partial charge in [-0.25, -0.2) is 9.97 Å². The average Bonchev–Trinajstić information content (AvgIpc) is 2.85. The number of rotatable bonds is 1. The van der Waals surface area contributed by atoms with Crippen molar-refractivity contribution in [2.24, 2.45) is 0 Å². The Morgan fingerprint density at radius 2 is 0.775 bits per heavy atom. The van der Waals surface area contributed by atoms with Crippen LogP contribution in [0.3, 0.4) is 0 Å². The van der Waals surface area contributed by atoms with Crippen molar-refractivity contribution in [2.75, 3.05) is 0 Å². The van der Waals surface area contributed by atoms with Crippen LogP contribution in [0.4, 0.5) is 51.8 Å². The van der Waals surface area contributed by atoms with E-state index in [2.05, 4.69) is 36.2 Å². The summed E-state index contributed by atoms with van der Waals surface area (Å²) in [5, 5.41) is 0. The Balaban J connectivity index is -0.000000429. The molecule has 0 atom stereocenters. The zero-order chi connectivity index (χ0) is 30.2. The van der Waals surface area contributed by atoms with Crippen LogP contribution in [0.2, 0.25) is 0 Å². The molecule has 0 bridgehead atoms. The summed E-state index contributed by atoms with van der Waals surface area (Å²) in [4.78, 5) is 22.8. The fourth-order valence-electron chi connectivity index (χ4n) is 1.51. The second kappa shape index (κ2) is 23.3. The molecule has 0 aliphatic rings. The molecule has 0 amide bonds. The summed E-state index contributed by atoms with van der Waals surface area (Å²) >= 11 is 0. The van der Waals surface area contributed by atoms with Crippen molar-refractivity contribution >= 4 is 21.8 Å². The largest absolute Gasteiger partial charge is 4.00 e. The molecule has 0 radical (unpaired) electrons. The summed E-state index contributed by atoms with van der Waals surface area (Å²) in [7, 11) is -18.0. The minimum absolute atomic E-state index is 0. The van der Waals surface area contributed by atoms with Crippen LogP contribution in [-0.2, 0) is 19.5 Å². The molecule has 4 heterocycles. The minimum Gasteiger partial charge on any atom is -0.418 e. The fraction of sp³-hybridized carbons (Fsp3) is 0. The molecule has 4 aromatic heterocycles. The Hall–Kier alpha value is -3.56. The average molecular weight is 677 g/mol. The van der Waals surface area contributed by atoms with E-state index in [4.69, 9.17) is 0 Å². The second-order valence-corrected chi connectivity index (χ2v) is 5.67. The van der Waals surface area contributed by atoms with Gasteiger partial charge in [0.05, 0.1) is 11.4 Å². The number of pyridine rings is 2. The zero-order valence-corrected chi connectivity index (χ0v) is 21.2. The van der Waals surface area contributed by atoms with Gasteiger partial charge in [0.25, 0.3) is 0 Å². The van der Waals surface area contributed by atoms with Crippen LogP contribution >= 0.6 is 0 Å². The van der Waals surface area contributed by atoms with Crippen molar-refractivity contribution in [3.63, 3.8) is 0 Å². The summed E-state index contributed by atoms with van der Waals surface area (Å²) in [5.41, 5.74) is 1.83. The molecule has 6 nitrogen and oxygen atoms in total. The standard InChI is InChI=1S/C10H8N2.C4H4N2.C4H3N2.3BF4.Ru/c1-3-7-11-9(5-1)10-6-2-4-8-12-10;2*1-2-5-4-6-3-1;3*2-1(3,4)5;/h1-8H;1-4H;1-3H;;;;/q;;4*-1;+4. The topological polar surface area (TPSA) is 77.3 Å². The van der Waals surface area contributed by atoms with E-state index in [-0.39, 0.29) is 19.5 Å². The maximum atomic E-state index is 9.75. The van der Waals surface area contributed by atoms with Gasteiger partial charge in [0, 0.05) is 31.1 Å². The summed E-state index contributed by atoms with van der Waals surface area (Å²) in [6.45, 7) is 0. The monoisotopic (exact) mass is 678 g/mol. The van der Waals surface area contributed by atoms with E-state index in [9.17, 15) is 51.8 Å². The molecule has 0 N–H and O–H groups in total. The van der Waals surface area contributed by atoms with Crippen LogP contribution in [0.5, 0.6) is 0 Å². The van der Waals surface area contributed by atoms with Gasteiger partial charge >= 0.3 is 41.2 Å². The number of halogens is 12. The van der Waals surface area contributed by atoms with Crippen LogP contribution in [-0.4, -0.2) is 51.7 Å². The third kappa shape index (κ3) is 47.6. The van der Waals surface area contributed by atoms with Gasteiger partial charge in [-0.2, -0.15) is 0 Å². The van der Waals surface area contributed by atoms with Crippen molar-refractivity contribution in [2.45, 2.75) is 0 Å². The Morgan fingerprint density at radius 3 is 0.925 bits per heavy atom. The zero-order valence-electron chi connectivity index (χ0n) is 19.5. The molecule has 0 saturated heterocycles. The van der Waals surface area contributed by atoms with Gasteiger partial charge in [-0.1, -0.05) is 24.5 Å². The van der Waals surface area contributed by atoms with E-state index >= 15 is 0 Å². The van der Waals surface area contributed by atoms with Gasteiger partial charge in [0.15, 0.2) is 0 Å². The van der Waals surface area contributed by atoms with Gasteiger partial charge in [0.1, 0.15) is 6.33 Å². The molecular formula is C18H15B3F12N6Ru. The first-order chi connectivity index (χ1) is 18.0. The quantitative estimate of drug-likeness (QED) is 0.126. The molecule has 22 heteroatoms. The maximum Gasteiger partial charge on any atom is 4.00 e. The molecule has 0 fully saturated rings. The predicted molar refractivity (Wildman–Crippen MR) is 121 cm³/mol. The van der Waals surface area contributed by atoms with E-state index in [1.165, 1.54) is 6.33 Å². The molecule has 0 aliphatic heterocycles. The molecule has 0 spiro atoms.